The zero-order valence-corrected chi connectivity index (χ0v) is 14.2. The molecule has 0 saturated carbocycles. The third-order valence-electron chi connectivity index (χ3n) is 3.38. The highest BCUT2D eigenvalue weighted by Crippen LogP contribution is 2.28. The second kappa shape index (κ2) is 6.89. The number of nitrogens with zero attached hydrogens (tertiary/aromatic N) is 1. The van der Waals surface area contributed by atoms with Gasteiger partial charge in [-0.25, -0.2) is 13.2 Å². The zero-order valence-electron chi connectivity index (χ0n) is 11.8. The average molecular weight is 376 g/mol. The molecule has 1 heterocycles. The van der Waals surface area contributed by atoms with Crippen LogP contribution >= 0.6 is 15.9 Å². The summed E-state index contributed by atoms with van der Waals surface area (Å²) >= 11 is 3.26. The van der Waals surface area contributed by atoms with Gasteiger partial charge < -0.3 is 4.74 Å². The molecule has 0 radical (unpaired) electrons. The fourth-order valence-electron chi connectivity index (χ4n) is 2.29. The lowest BCUT2D eigenvalue weighted by molar-refractivity contribution is 0.0526. The maximum Gasteiger partial charge on any atom is 0.338 e. The topological polar surface area (TPSA) is 63.7 Å². The summed E-state index contributed by atoms with van der Waals surface area (Å²) in [5.74, 6) is -0.514. The molecule has 2 rings (SSSR count). The van der Waals surface area contributed by atoms with Gasteiger partial charge in [-0.1, -0.05) is 6.42 Å². The molecule has 1 aromatic rings. The third kappa shape index (κ3) is 3.64. The van der Waals surface area contributed by atoms with Crippen LogP contribution in [0.15, 0.2) is 27.6 Å². The van der Waals surface area contributed by atoms with Gasteiger partial charge in [-0.15, -0.1) is 0 Å². The molecule has 1 saturated heterocycles. The molecule has 0 atom stereocenters. The van der Waals surface area contributed by atoms with E-state index in [9.17, 15) is 13.2 Å². The molecule has 1 fully saturated rings. The number of carbonyl (C=O) groups is 1. The first-order valence-electron chi connectivity index (χ1n) is 6.93. The molecule has 0 amide bonds. The van der Waals surface area contributed by atoms with E-state index in [0.717, 1.165) is 19.3 Å². The van der Waals surface area contributed by atoms with E-state index in [1.807, 2.05) is 0 Å². The molecule has 0 spiro atoms. The molecule has 0 unspecified atom stereocenters. The predicted molar refractivity (Wildman–Crippen MR) is 82.7 cm³/mol. The van der Waals surface area contributed by atoms with Gasteiger partial charge in [0.2, 0.25) is 10.0 Å². The van der Waals surface area contributed by atoms with Gasteiger partial charge in [-0.3, -0.25) is 0 Å². The fourth-order valence-corrected chi connectivity index (χ4v) is 4.75. The van der Waals surface area contributed by atoms with Gasteiger partial charge in [0.1, 0.15) is 0 Å². The highest BCUT2D eigenvalue weighted by molar-refractivity contribution is 9.10. The van der Waals surface area contributed by atoms with Crippen molar-refractivity contribution in [1.29, 1.82) is 0 Å². The van der Waals surface area contributed by atoms with Gasteiger partial charge in [-0.2, -0.15) is 4.31 Å². The summed E-state index contributed by atoms with van der Waals surface area (Å²) in [5, 5.41) is 0. The monoisotopic (exact) mass is 375 g/mol. The van der Waals surface area contributed by atoms with Crippen LogP contribution in [0.5, 0.6) is 0 Å². The van der Waals surface area contributed by atoms with Crippen LogP contribution in [-0.4, -0.2) is 38.4 Å². The predicted octanol–water partition coefficient (Wildman–Crippen LogP) is 2.80. The Hall–Kier alpha value is -0.920. The van der Waals surface area contributed by atoms with Crippen LogP contribution in [0.4, 0.5) is 0 Å². The molecule has 7 heteroatoms. The van der Waals surface area contributed by atoms with Crippen LogP contribution < -0.4 is 0 Å². The first-order valence-corrected chi connectivity index (χ1v) is 9.17. The highest BCUT2D eigenvalue weighted by Gasteiger charge is 2.28. The van der Waals surface area contributed by atoms with Gasteiger partial charge >= 0.3 is 5.97 Å². The Balaban J connectivity index is 2.37. The van der Waals surface area contributed by atoms with Crippen molar-refractivity contribution >= 4 is 31.9 Å². The van der Waals surface area contributed by atoms with E-state index >= 15 is 0 Å². The minimum absolute atomic E-state index is 0.120. The fraction of sp³-hybridized carbons (Fsp3) is 0.500. The molecule has 0 N–H and O–H groups in total. The normalized spacial score (nSPS) is 16.7. The number of rotatable bonds is 4. The van der Waals surface area contributed by atoms with Crippen LogP contribution in [0.1, 0.15) is 36.5 Å². The van der Waals surface area contributed by atoms with E-state index in [1.165, 1.54) is 10.4 Å². The van der Waals surface area contributed by atoms with Crippen LogP contribution in [0.3, 0.4) is 0 Å². The van der Waals surface area contributed by atoms with Crippen molar-refractivity contribution in [2.75, 3.05) is 19.7 Å². The van der Waals surface area contributed by atoms with E-state index in [1.54, 1.807) is 19.1 Å². The molecule has 1 aliphatic rings. The number of ether oxygens (including phenoxy) is 1. The maximum atomic E-state index is 12.7. The lowest BCUT2D eigenvalue weighted by Crippen LogP contribution is -2.35. The average Bonchev–Trinajstić information content (AvgIpc) is 2.48. The smallest absolute Gasteiger partial charge is 0.338 e. The first-order chi connectivity index (χ1) is 9.96. The summed E-state index contributed by atoms with van der Waals surface area (Å²) in [7, 11) is -3.58. The van der Waals surface area contributed by atoms with E-state index in [0.29, 0.717) is 17.6 Å². The van der Waals surface area contributed by atoms with Gasteiger partial charge in [0.05, 0.1) is 17.1 Å². The summed E-state index contributed by atoms with van der Waals surface area (Å²) in [6, 6.07) is 4.51. The Kier molecular flexibility index (Phi) is 5.40. The number of sulfonamides is 1. The minimum Gasteiger partial charge on any atom is -0.462 e. The van der Waals surface area contributed by atoms with Crippen molar-refractivity contribution in [3.63, 3.8) is 0 Å². The van der Waals surface area contributed by atoms with Gasteiger partial charge in [-0.05, 0) is 53.9 Å². The SMILES string of the molecule is CCOC(=O)c1ccc(Br)c(S(=O)(=O)N2CCCCC2)c1. The van der Waals surface area contributed by atoms with Gasteiger partial charge in [0.15, 0.2) is 0 Å². The second-order valence-corrected chi connectivity index (χ2v) is 7.59. The summed E-state index contributed by atoms with van der Waals surface area (Å²) in [4.78, 5) is 11.9. The Morgan fingerprint density at radius 1 is 1.29 bits per heavy atom. The second-order valence-electron chi connectivity index (χ2n) is 4.83. The number of hydrogen-bond donors (Lipinski definition) is 0. The molecule has 21 heavy (non-hydrogen) atoms. The molecule has 1 aromatic carbocycles. The van der Waals surface area contributed by atoms with Crippen LogP contribution in [0.2, 0.25) is 0 Å². The maximum absolute atomic E-state index is 12.7. The van der Waals surface area contributed by atoms with Crippen molar-refractivity contribution in [3.05, 3.63) is 28.2 Å². The number of hydrogen-bond acceptors (Lipinski definition) is 4. The summed E-state index contributed by atoms with van der Waals surface area (Å²) in [6.45, 7) is 3.02. The molecule has 0 aromatic heterocycles. The zero-order chi connectivity index (χ0) is 15.5. The van der Waals surface area contributed by atoms with Crippen molar-refractivity contribution in [3.8, 4) is 0 Å². The number of esters is 1. The Labute approximate surface area is 133 Å². The Morgan fingerprint density at radius 2 is 1.95 bits per heavy atom. The van der Waals surface area contributed by atoms with E-state index in [-0.39, 0.29) is 17.1 Å². The summed E-state index contributed by atoms with van der Waals surface area (Å²) in [5.41, 5.74) is 0.246. The summed E-state index contributed by atoms with van der Waals surface area (Å²) in [6.07, 6.45) is 2.79. The molecular weight excluding hydrogens is 358 g/mol. The van der Waals surface area contributed by atoms with Crippen LogP contribution in [0, 0.1) is 0 Å². The van der Waals surface area contributed by atoms with E-state index in [4.69, 9.17) is 4.74 Å². The number of piperidine rings is 1. The molecule has 0 bridgehead atoms. The Bertz CT molecular complexity index is 624. The lowest BCUT2D eigenvalue weighted by atomic mass is 10.2. The van der Waals surface area contributed by atoms with Gasteiger partial charge in [0, 0.05) is 17.6 Å². The van der Waals surface area contributed by atoms with E-state index < -0.39 is 16.0 Å². The summed E-state index contributed by atoms with van der Waals surface area (Å²) < 4.78 is 32.2. The number of halogens is 1. The standard InChI is InChI=1S/C14H18BrNO4S/c1-2-20-14(17)11-6-7-12(15)13(10-11)21(18,19)16-8-4-3-5-9-16/h6-7,10H,2-5,8-9H2,1H3. The van der Waals surface area contributed by atoms with Crippen LogP contribution in [0.25, 0.3) is 0 Å². The van der Waals surface area contributed by atoms with Crippen molar-refractivity contribution < 1.29 is 17.9 Å². The van der Waals surface area contributed by atoms with Crippen molar-refractivity contribution in [2.45, 2.75) is 31.1 Å². The van der Waals surface area contributed by atoms with Gasteiger partial charge in [0.25, 0.3) is 0 Å². The quantitative estimate of drug-likeness (QED) is 0.759. The Morgan fingerprint density at radius 3 is 2.57 bits per heavy atom. The third-order valence-corrected chi connectivity index (χ3v) is 6.27. The number of carbonyl (C=O) groups excluding carboxylic acids is 1. The largest absolute Gasteiger partial charge is 0.462 e. The highest BCUT2D eigenvalue weighted by atomic mass is 79.9. The first kappa shape index (κ1) is 16.5. The molecule has 5 nitrogen and oxygen atoms in total. The molecule has 116 valence electrons. The van der Waals surface area contributed by atoms with Crippen LogP contribution in [-0.2, 0) is 14.8 Å². The minimum atomic E-state index is -3.58. The molecule has 1 aliphatic heterocycles. The lowest BCUT2D eigenvalue weighted by Gasteiger charge is -2.26. The van der Waals surface area contributed by atoms with Crippen molar-refractivity contribution in [2.24, 2.45) is 0 Å². The van der Waals surface area contributed by atoms with E-state index in [2.05, 4.69) is 15.9 Å². The van der Waals surface area contributed by atoms with Crippen molar-refractivity contribution in [1.82, 2.24) is 4.31 Å². The molecule has 0 aliphatic carbocycles. The molecular formula is C14H18BrNO4S. The number of benzene rings is 1.